The van der Waals surface area contributed by atoms with Gasteiger partial charge in [0.2, 0.25) is 43.5 Å². The number of rotatable bonds is 28. The van der Waals surface area contributed by atoms with Crippen molar-refractivity contribution in [2.75, 3.05) is 0 Å². The Morgan fingerprint density at radius 2 is 0.536 bits per heavy atom. The highest BCUT2D eigenvalue weighted by atomic mass is 31.2. The zero-order valence-corrected chi connectivity index (χ0v) is 58.6. The maximum absolute atomic E-state index is 15.3. The molecule has 0 spiro atoms. The van der Waals surface area contributed by atoms with E-state index in [1.54, 1.807) is 263 Å². The van der Waals surface area contributed by atoms with Crippen molar-refractivity contribution < 1.29 is 61.6 Å². The molecule has 0 unspecified atom stereocenters. The van der Waals surface area contributed by atoms with Gasteiger partial charge in [0.25, 0.3) is 0 Å². The van der Waals surface area contributed by atoms with Crippen LogP contribution in [0.4, 0.5) is 0 Å². The second-order valence-corrected chi connectivity index (χ2v) is 32.7. The minimum atomic E-state index is -3.97. The Kier molecular flexibility index (Phi) is 22.7. The fourth-order valence-electron chi connectivity index (χ4n) is 13.1. The molecular formula is C79H78NO14P3. The molecule has 0 atom stereocenters. The summed E-state index contributed by atoms with van der Waals surface area (Å²) in [7, 11) is -11.9. The lowest BCUT2D eigenvalue weighted by molar-refractivity contribution is -0.573. The summed E-state index contributed by atoms with van der Waals surface area (Å²) in [6.07, 6.45) is -3.20. The average molecular weight is 1360 g/mol. The minimum absolute atomic E-state index is 0.205. The fraction of sp³-hybridized carbons (Fsp3) is 0.241. The van der Waals surface area contributed by atoms with Crippen LogP contribution < -0.4 is 31.8 Å². The van der Waals surface area contributed by atoms with Crippen molar-refractivity contribution in [3.63, 3.8) is 0 Å². The molecule has 97 heavy (non-hydrogen) atoms. The SMILES string of the molecule is Cc1cc(C)c(C(=O)P(=O)(c2ccccc2)c2ccccc2)c(C)c1COC(=O)CCC(CCC(=O)OCc1c(C)cc(C)c(C(=O)P(=O)(c2ccccc2)c2ccccc2)c1C)(CCC(=O)OCc1c(C)cc(C)c(C(=O)P(=O)(c2ccccc2)c2ccccc2)c1C)[N+](=O)[O-]. The van der Waals surface area contributed by atoms with Gasteiger partial charge in [-0.3, -0.25) is 38.9 Å². The molecule has 9 rings (SSSR count). The molecule has 0 N–H and O–H groups in total. The molecule has 0 heterocycles. The Morgan fingerprint density at radius 3 is 0.722 bits per heavy atom. The molecule has 0 bridgehead atoms. The fourth-order valence-corrected chi connectivity index (χ4v) is 20.9. The van der Waals surface area contributed by atoms with Gasteiger partial charge in [-0.2, -0.15) is 0 Å². The summed E-state index contributed by atoms with van der Waals surface area (Å²) < 4.78 is 63.5. The number of nitrogens with zero attached hydrogens (tertiary/aromatic N) is 1. The van der Waals surface area contributed by atoms with Gasteiger partial charge in [-0.1, -0.05) is 200 Å². The number of esters is 3. The van der Waals surface area contributed by atoms with Crippen molar-refractivity contribution in [1.29, 1.82) is 0 Å². The van der Waals surface area contributed by atoms with Gasteiger partial charge in [-0.05, 0) is 129 Å². The van der Waals surface area contributed by atoms with Gasteiger partial charge in [0.15, 0.2) is 0 Å². The standard InChI is InChI=1S/C79H78NO14P3/c1-52-46-55(4)73(76(84)95(89,61-28-16-10-17-29-61)62-30-18-11-19-31-62)58(7)67(52)49-92-70(81)40-43-79(80(87)88,44-41-71(82)93-50-68-53(2)47-56(5)74(59(68)8)77(85)96(90,63-32-20-12-21-33-63)64-34-22-13-23-35-64)45-42-72(83)94-51-69-54(3)48-57(6)75(60(69)9)78(86)97(91,65-36-24-14-25-37-65)66-38-26-15-27-39-66/h10-39,46-48H,40-45,49-51H2,1-9H3. The molecule has 0 fully saturated rings. The number of carbonyl (C=O) groups is 6. The molecule has 18 heteroatoms. The van der Waals surface area contributed by atoms with Crippen molar-refractivity contribution in [2.24, 2.45) is 0 Å². The van der Waals surface area contributed by atoms with E-state index in [1.165, 1.54) is 0 Å². The van der Waals surface area contributed by atoms with Gasteiger partial charge in [0.1, 0.15) is 19.8 Å². The number of aryl methyl sites for hydroxylation is 6. The monoisotopic (exact) mass is 1360 g/mol. The predicted octanol–water partition coefficient (Wildman–Crippen LogP) is 14.8. The maximum atomic E-state index is 15.3. The second kappa shape index (κ2) is 30.7. The van der Waals surface area contributed by atoms with Gasteiger partial charge < -0.3 is 27.9 Å². The molecule has 0 aliphatic carbocycles. The summed E-state index contributed by atoms with van der Waals surface area (Å²) in [5.74, 6) is -2.58. The molecule has 9 aromatic carbocycles. The van der Waals surface area contributed by atoms with E-state index in [1.807, 2.05) is 0 Å². The Labute approximate surface area is 566 Å². The molecule has 15 nitrogen and oxygen atoms in total. The Morgan fingerprint density at radius 1 is 0.340 bits per heavy atom. The van der Waals surface area contributed by atoms with Gasteiger partial charge in [0.05, 0.1) is 19.3 Å². The van der Waals surface area contributed by atoms with E-state index in [-0.39, 0.29) is 36.5 Å². The zero-order chi connectivity index (χ0) is 70.0. The quantitative estimate of drug-likeness (QED) is 0.0146. The normalized spacial score (nSPS) is 11.8. The van der Waals surface area contributed by atoms with Crippen molar-refractivity contribution in [3.8, 4) is 0 Å². The van der Waals surface area contributed by atoms with Crippen LogP contribution in [0.5, 0.6) is 0 Å². The first-order valence-electron chi connectivity index (χ1n) is 32.0. The van der Waals surface area contributed by atoms with Gasteiger partial charge in [-0.15, -0.1) is 0 Å². The van der Waals surface area contributed by atoms with Crippen molar-refractivity contribution in [2.45, 2.75) is 126 Å². The minimum Gasteiger partial charge on any atom is -0.461 e. The first kappa shape index (κ1) is 71.8. The molecule has 0 saturated heterocycles. The van der Waals surface area contributed by atoms with E-state index in [0.29, 0.717) is 98.6 Å². The van der Waals surface area contributed by atoms with Gasteiger partial charge >= 0.3 is 17.9 Å². The maximum Gasteiger partial charge on any atom is 0.306 e. The summed E-state index contributed by atoms with van der Waals surface area (Å²) in [6.45, 7) is 14.6. The molecule has 0 aromatic heterocycles. The van der Waals surface area contributed by atoms with Crippen LogP contribution in [0.3, 0.4) is 0 Å². The second-order valence-electron chi connectivity index (χ2n) is 24.7. The van der Waals surface area contributed by atoms with Crippen LogP contribution in [0.15, 0.2) is 200 Å². The number of ether oxygens (including phenoxy) is 3. The van der Waals surface area contributed by atoms with Crippen LogP contribution in [0.25, 0.3) is 0 Å². The van der Waals surface area contributed by atoms with Crippen LogP contribution >= 0.6 is 21.4 Å². The van der Waals surface area contributed by atoms with Crippen LogP contribution in [-0.2, 0) is 62.1 Å². The van der Waals surface area contributed by atoms with Crippen molar-refractivity contribution in [1.82, 2.24) is 0 Å². The first-order chi connectivity index (χ1) is 46.3. The molecule has 0 saturated carbocycles. The number of benzene rings is 9. The van der Waals surface area contributed by atoms with Crippen molar-refractivity contribution >= 4 is 87.7 Å². The average Bonchev–Trinajstić information content (AvgIpc) is 0.764. The third-order valence-corrected chi connectivity index (χ3v) is 27.1. The highest BCUT2D eigenvalue weighted by Gasteiger charge is 2.45. The number of hydrogen-bond donors (Lipinski definition) is 0. The van der Waals surface area contributed by atoms with E-state index in [9.17, 15) is 38.9 Å². The Hall–Kier alpha value is -9.51. The summed E-state index contributed by atoms with van der Waals surface area (Å²) in [6, 6.07) is 56.4. The number of carbonyl (C=O) groups excluding carboxylic acids is 6. The Balaban J connectivity index is 0.965. The van der Waals surface area contributed by atoms with Crippen LogP contribution in [0, 0.1) is 72.4 Å². The first-order valence-corrected chi connectivity index (χ1v) is 37.1. The van der Waals surface area contributed by atoms with Gasteiger partial charge in [-0.25, -0.2) is 0 Å². The zero-order valence-electron chi connectivity index (χ0n) is 55.9. The lowest BCUT2D eigenvalue weighted by atomic mass is 9.84. The smallest absolute Gasteiger partial charge is 0.306 e. The lowest BCUT2D eigenvalue weighted by Gasteiger charge is -2.25. The number of nitro groups is 1. The van der Waals surface area contributed by atoms with E-state index in [4.69, 9.17) is 14.2 Å². The van der Waals surface area contributed by atoms with E-state index in [2.05, 4.69) is 0 Å². The molecule has 498 valence electrons. The summed E-state index contributed by atoms with van der Waals surface area (Å²) >= 11 is 0. The highest BCUT2D eigenvalue weighted by Crippen LogP contribution is 2.51. The molecular weight excluding hydrogens is 1280 g/mol. The summed E-state index contributed by atoms with van der Waals surface area (Å²) in [5.41, 5.74) is 3.08. The van der Waals surface area contributed by atoms with E-state index >= 15 is 13.7 Å². The topological polar surface area (TPSA) is 224 Å². The molecule has 0 aliphatic heterocycles. The van der Waals surface area contributed by atoms with E-state index in [0.717, 1.165) is 0 Å². The predicted molar refractivity (Wildman–Crippen MR) is 381 cm³/mol. The third kappa shape index (κ3) is 14.9. The van der Waals surface area contributed by atoms with Crippen molar-refractivity contribution in [3.05, 3.63) is 294 Å². The number of hydrogen-bond acceptors (Lipinski definition) is 14. The summed E-state index contributed by atoms with van der Waals surface area (Å²) in [4.78, 5) is 100.0. The molecule has 9 aromatic rings. The molecule has 0 aliphatic rings. The summed E-state index contributed by atoms with van der Waals surface area (Å²) in [5, 5.41) is 15.8. The van der Waals surface area contributed by atoms with Crippen LogP contribution in [-0.4, -0.2) is 44.9 Å². The lowest BCUT2D eigenvalue weighted by Crippen LogP contribution is -2.40. The largest absolute Gasteiger partial charge is 0.461 e. The Bertz CT molecular complexity index is 4050. The van der Waals surface area contributed by atoms with Crippen LogP contribution in [0.1, 0.15) is 136 Å². The van der Waals surface area contributed by atoms with Crippen LogP contribution in [0.2, 0.25) is 0 Å². The van der Waals surface area contributed by atoms with E-state index < -0.39 is 105 Å². The van der Waals surface area contributed by atoms with Gasteiger partial charge in [0, 0.05) is 72.7 Å². The molecule has 0 amide bonds. The molecule has 0 radical (unpaired) electrons. The highest BCUT2D eigenvalue weighted by molar-refractivity contribution is 7.94. The third-order valence-electron chi connectivity index (χ3n) is 18.5.